The molecule has 19 heavy (non-hydrogen) atoms. The predicted octanol–water partition coefficient (Wildman–Crippen LogP) is 2.49. The number of hydrogen-bond acceptors (Lipinski definition) is 4. The number of benzene rings is 1. The molecule has 2 rings (SSSR count). The van der Waals surface area contributed by atoms with Crippen LogP contribution >= 0.6 is 11.3 Å². The number of anilines is 1. The average molecular weight is 301 g/mol. The second kappa shape index (κ2) is 5.28. The zero-order valence-corrected chi connectivity index (χ0v) is 11.7. The molecule has 1 heterocycles. The number of aliphatic hydroxyl groups excluding tert-OH is 1. The van der Waals surface area contributed by atoms with Gasteiger partial charge in [-0.15, -0.1) is 11.3 Å². The van der Waals surface area contributed by atoms with Crippen LogP contribution in [0.3, 0.4) is 0 Å². The van der Waals surface area contributed by atoms with Crippen LogP contribution < -0.4 is 4.72 Å². The van der Waals surface area contributed by atoms with Crippen molar-refractivity contribution in [2.45, 2.75) is 17.7 Å². The molecule has 0 unspecified atom stereocenters. The van der Waals surface area contributed by atoms with Crippen molar-refractivity contribution in [1.82, 2.24) is 0 Å². The van der Waals surface area contributed by atoms with Crippen LogP contribution in [0.15, 0.2) is 33.9 Å². The van der Waals surface area contributed by atoms with Gasteiger partial charge in [0.15, 0.2) is 0 Å². The number of rotatable bonds is 4. The minimum absolute atomic E-state index is 0.0810. The van der Waals surface area contributed by atoms with E-state index in [4.69, 9.17) is 5.11 Å². The molecule has 2 aromatic rings. The molecule has 0 fully saturated rings. The van der Waals surface area contributed by atoms with Crippen molar-refractivity contribution in [3.05, 3.63) is 46.6 Å². The van der Waals surface area contributed by atoms with Gasteiger partial charge in [-0.2, -0.15) is 0 Å². The van der Waals surface area contributed by atoms with Gasteiger partial charge in [0, 0.05) is 0 Å². The lowest BCUT2D eigenvalue weighted by Gasteiger charge is -2.07. The number of nitrogens with one attached hydrogen (secondary N) is 1. The summed E-state index contributed by atoms with van der Waals surface area (Å²) in [7, 11) is -3.74. The third kappa shape index (κ3) is 3.12. The summed E-state index contributed by atoms with van der Waals surface area (Å²) in [6, 6.07) is 5.52. The van der Waals surface area contributed by atoms with E-state index in [2.05, 4.69) is 4.72 Å². The molecule has 0 saturated carbocycles. The van der Waals surface area contributed by atoms with E-state index >= 15 is 0 Å². The van der Waals surface area contributed by atoms with Crippen molar-refractivity contribution >= 4 is 27.0 Å². The molecule has 1 aromatic heterocycles. The maximum atomic E-state index is 13.4. The second-order valence-corrected chi connectivity index (χ2v) is 6.82. The van der Waals surface area contributed by atoms with E-state index in [0.29, 0.717) is 11.1 Å². The maximum Gasteiger partial charge on any atom is 0.271 e. The number of halogens is 1. The molecule has 2 N–H and O–H groups in total. The fourth-order valence-corrected chi connectivity index (χ4v) is 3.69. The maximum absolute atomic E-state index is 13.4. The quantitative estimate of drug-likeness (QED) is 0.912. The van der Waals surface area contributed by atoms with Crippen molar-refractivity contribution in [1.29, 1.82) is 0 Å². The van der Waals surface area contributed by atoms with Crippen LogP contribution in [0.2, 0.25) is 0 Å². The van der Waals surface area contributed by atoms with Crippen molar-refractivity contribution < 1.29 is 17.9 Å². The Morgan fingerprint density at radius 1 is 1.37 bits per heavy atom. The summed E-state index contributed by atoms with van der Waals surface area (Å²) in [6.45, 7) is 1.38. The smallest absolute Gasteiger partial charge is 0.271 e. The first-order valence-electron chi connectivity index (χ1n) is 5.39. The van der Waals surface area contributed by atoms with Gasteiger partial charge in [0.1, 0.15) is 10.0 Å². The molecule has 102 valence electrons. The molecule has 0 aliphatic heterocycles. The van der Waals surface area contributed by atoms with Gasteiger partial charge in [0.25, 0.3) is 10.0 Å². The van der Waals surface area contributed by atoms with Crippen LogP contribution in [0.4, 0.5) is 10.1 Å². The summed E-state index contributed by atoms with van der Waals surface area (Å²) < 4.78 is 39.8. The first-order chi connectivity index (χ1) is 8.92. The summed E-state index contributed by atoms with van der Waals surface area (Å²) in [5, 5.41) is 10.5. The Bertz CT molecular complexity index is 695. The third-order valence-electron chi connectivity index (χ3n) is 2.50. The Morgan fingerprint density at radius 3 is 2.68 bits per heavy atom. The van der Waals surface area contributed by atoms with Gasteiger partial charge in [-0.1, -0.05) is 6.07 Å². The van der Waals surface area contributed by atoms with Gasteiger partial charge in [-0.3, -0.25) is 4.72 Å². The molecule has 0 spiro atoms. The molecule has 0 amide bonds. The number of thiophene rings is 1. The Kier molecular flexibility index (Phi) is 3.88. The highest BCUT2D eigenvalue weighted by molar-refractivity contribution is 7.94. The first kappa shape index (κ1) is 14.0. The fourth-order valence-electron chi connectivity index (χ4n) is 1.44. The Morgan fingerprint density at radius 2 is 2.11 bits per heavy atom. The number of sulfonamides is 1. The van der Waals surface area contributed by atoms with Crippen LogP contribution in [0.1, 0.15) is 11.1 Å². The molecule has 0 atom stereocenters. The summed E-state index contributed by atoms with van der Waals surface area (Å²) in [5.74, 6) is -0.470. The van der Waals surface area contributed by atoms with Gasteiger partial charge in [0.2, 0.25) is 0 Å². The Labute approximate surface area is 114 Å². The molecule has 0 bridgehead atoms. The van der Waals surface area contributed by atoms with E-state index in [1.54, 1.807) is 12.3 Å². The summed E-state index contributed by atoms with van der Waals surface area (Å²) in [6.07, 6.45) is 0. The van der Waals surface area contributed by atoms with Crippen molar-refractivity contribution in [3.63, 3.8) is 0 Å². The lowest BCUT2D eigenvalue weighted by atomic mass is 10.2. The van der Waals surface area contributed by atoms with Crippen molar-refractivity contribution in [2.24, 2.45) is 0 Å². The summed E-state index contributed by atoms with van der Waals surface area (Å²) in [4.78, 5) is 0. The second-order valence-electron chi connectivity index (χ2n) is 4.00. The van der Waals surface area contributed by atoms with E-state index in [1.165, 1.54) is 18.2 Å². The lowest BCUT2D eigenvalue weighted by Crippen LogP contribution is -2.11. The highest BCUT2D eigenvalue weighted by Crippen LogP contribution is 2.23. The topological polar surface area (TPSA) is 66.4 Å². The van der Waals surface area contributed by atoms with Gasteiger partial charge in [-0.25, -0.2) is 12.8 Å². The minimum atomic E-state index is -3.74. The van der Waals surface area contributed by atoms with Crippen LogP contribution in [-0.2, 0) is 16.6 Å². The molecule has 1 aromatic carbocycles. The molecule has 0 radical (unpaired) electrons. The number of hydrogen-bond donors (Lipinski definition) is 2. The molecule has 0 aliphatic rings. The van der Waals surface area contributed by atoms with E-state index in [0.717, 1.165) is 17.4 Å². The van der Waals surface area contributed by atoms with Crippen LogP contribution in [-0.4, -0.2) is 13.5 Å². The zero-order chi connectivity index (χ0) is 14.0. The fraction of sp³-hybridized carbons (Fsp3) is 0.167. The molecule has 0 aliphatic carbocycles. The van der Waals surface area contributed by atoms with Crippen molar-refractivity contribution in [3.8, 4) is 0 Å². The molecule has 4 nitrogen and oxygen atoms in total. The first-order valence-corrected chi connectivity index (χ1v) is 7.76. The van der Waals surface area contributed by atoms with E-state index < -0.39 is 15.8 Å². The normalized spacial score (nSPS) is 11.5. The van der Waals surface area contributed by atoms with E-state index in [1.807, 2.05) is 0 Å². The van der Waals surface area contributed by atoms with E-state index in [-0.39, 0.29) is 16.5 Å². The average Bonchev–Trinajstić information content (AvgIpc) is 2.83. The number of aliphatic hydroxyl groups is 1. The monoisotopic (exact) mass is 301 g/mol. The van der Waals surface area contributed by atoms with Crippen molar-refractivity contribution in [2.75, 3.05) is 4.72 Å². The highest BCUT2D eigenvalue weighted by atomic mass is 32.2. The van der Waals surface area contributed by atoms with Crippen LogP contribution in [0.5, 0.6) is 0 Å². The summed E-state index contributed by atoms with van der Waals surface area (Å²) in [5.41, 5.74) is 1.14. The number of aryl methyl sites for hydroxylation is 1. The lowest BCUT2D eigenvalue weighted by molar-refractivity contribution is 0.282. The molecular formula is C12H12FNO3S2. The van der Waals surface area contributed by atoms with E-state index in [9.17, 15) is 12.8 Å². The molecule has 7 heteroatoms. The molecular weight excluding hydrogens is 289 g/mol. The Hall–Kier alpha value is -1.44. The molecule has 0 saturated heterocycles. The van der Waals surface area contributed by atoms with Gasteiger partial charge < -0.3 is 5.11 Å². The predicted molar refractivity (Wildman–Crippen MR) is 72.2 cm³/mol. The standard InChI is InChI=1S/C12H12FNO3S2/c1-8-2-3-10(5-11(8)13)14-19(16,17)12-4-9(6-15)7-18-12/h2-5,7,14-15H,6H2,1H3. The summed E-state index contributed by atoms with van der Waals surface area (Å²) >= 11 is 1.00. The SMILES string of the molecule is Cc1ccc(NS(=O)(=O)c2cc(CO)cs2)cc1F. The third-order valence-corrected chi connectivity index (χ3v) is 5.37. The van der Waals surface area contributed by atoms with Gasteiger partial charge >= 0.3 is 0 Å². The minimum Gasteiger partial charge on any atom is -0.392 e. The Balaban J connectivity index is 2.28. The van der Waals surface area contributed by atoms with Gasteiger partial charge in [0.05, 0.1) is 12.3 Å². The van der Waals surface area contributed by atoms with Gasteiger partial charge in [-0.05, 0) is 41.6 Å². The van der Waals surface area contributed by atoms with Crippen LogP contribution in [0.25, 0.3) is 0 Å². The van der Waals surface area contributed by atoms with Crippen LogP contribution in [0, 0.1) is 12.7 Å². The zero-order valence-electron chi connectivity index (χ0n) is 10.1. The highest BCUT2D eigenvalue weighted by Gasteiger charge is 2.17. The largest absolute Gasteiger partial charge is 0.392 e.